The first-order chi connectivity index (χ1) is 10.9. The number of aliphatic hydroxyl groups is 1. The highest BCUT2D eigenvalue weighted by Gasteiger charge is 2.68. The minimum Gasteiger partial charge on any atom is -0.393 e. The second-order valence-electron chi connectivity index (χ2n) is 9.47. The molecule has 1 aliphatic heterocycles. The molecule has 3 fully saturated rings. The second kappa shape index (κ2) is 5.40. The summed E-state index contributed by atoms with van der Waals surface area (Å²) in [7, 11) is 0. The fourth-order valence-electron chi connectivity index (χ4n) is 6.28. The molecule has 0 aromatic rings. The molecule has 0 radical (unpaired) electrons. The summed E-state index contributed by atoms with van der Waals surface area (Å²) in [4.78, 5) is 13.3. The third-order valence-corrected chi connectivity index (χ3v) is 9.01. The summed E-state index contributed by atoms with van der Waals surface area (Å²) in [5.41, 5.74) is -1.54. The number of ether oxygens (including phenoxy) is 1. The van der Waals surface area contributed by atoms with Crippen LogP contribution in [0, 0.1) is 22.7 Å². The third-order valence-electron chi connectivity index (χ3n) is 7.51. The maximum atomic E-state index is 13.2. The van der Waals surface area contributed by atoms with E-state index in [-0.39, 0.29) is 33.5 Å². The smallest absolute Gasteiger partial charge is 0.140 e. The zero-order valence-corrected chi connectivity index (χ0v) is 17.1. The molecule has 0 aromatic carbocycles. The van der Waals surface area contributed by atoms with Crippen LogP contribution >= 0.6 is 15.9 Å². The van der Waals surface area contributed by atoms with Crippen molar-refractivity contribution >= 4 is 21.7 Å². The average molecular weight is 399 g/mol. The Kier molecular flexibility index (Phi) is 4.19. The molecule has 0 aromatic heterocycles. The van der Waals surface area contributed by atoms with Crippen molar-refractivity contribution in [1.29, 1.82) is 0 Å². The first-order valence-corrected chi connectivity index (χ1v) is 10.0. The van der Waals surface area contributed by atoms with Crippen molar-refractivity contribution in [3.8, 4) is 0 Å². The van der Waals surface area contributed by atoms with Gasteiger partial charge in [-0.25, -0.2) is 0 Å². The first kappa shape index (κ1) is 18.6. The topological polar surface area (TPSA) is 46.5 Å². The molecule has 4 heteroatoms. The summed E-state index contributed by atoms with van der Waals surface area (Å²) >= 11 is 3.72. The summed E-state index contributed by atoms with van der Waals surface area (Å²) in [5, 5.41) is 11.1. The Labute approximate surface area is 154 Å². The van der Waals surface area contributed by atoms with E-state index in [2.05, 4.69) is 57.1 Å². The number of hydrogen-bond donors (Lipinski definition) is 1. The number of hydrogen-bond acceptors (Lipinski definition) is 3. The molecule has 1 N–H and O–H groups in total. The molecule has 0 spiro atoms. The van der Waals surface area contributed by atoms with Crippen LogP contribution in [-0.4, -0.2) is 33.0 Å². The SMILES string of the molecule is C=C[C@@]1(C)CC[C@H]2[C@@]3(C)C(=O)C[C@@H](Br)C(C)(C)[C@H]3[C@@H](O)C[C@]2(C)O1. The Bertz CT molecular complexity index is 573. The summed E-state index contributed by atoms with van der Waals surface area (Å²) in [6.45, 7) is 14.5. The van der Waals surface area contributed by atoms with Gasteiger partial charge in [0.25, 0.3) is 0 Å². The van der Waals surface area contributed by atoms with Crippen molar-refractivity contribution in [3.05, 3.63) is 12.7 Å². The maximum Gasteiger partial charge on any atom is 0.140 e. The van der Waals surface area contributed by atoms with Gasteiger partial charge in [0.1, 0.15) is 5.78 Å². The normalized spacial score (nSPS) is 53.9. The van der Waals surface area contributed by atoms with Crippen molar-refractivity contribution in [2.24, 2.45) is 22.7 Å². The van der Waals surface area contributed by atoms with Gasteiger partial charge in [0.05, 0.1) is 17.3 Å². The standard InChI is InChI=1S/C20H31BrO3/c1-7-18(4)9-8-13-19(5,24-18)11-12(22)16-17(2,3)14(21)10-15(23)20(13,16)6/h7,12-14,16,22H,1,8-11H2,2-6H3/t12-,13+,14+,16+,18-,19-,20-/m0/s1. The molecule has 3 aliphatic rings. The first-order valence-electron chi connectivity index (χ1n) is 9.10. The lowest BCUT2D eigenvalue weighted by Crippen LogP contribution is -2.70. The number of Topliss-reactive ketones (excluding diaryl/α,β-unsaturated/α-hetero) is 1. The van der Waals surface area contributed by atoms with E-state index in [1.807, 2.05) is 6.08 Å². The molecule has 24 heavy (non-hydrogen) atoms. The zero-order chi connectivity index (χ0) is 18.1. The molecular formula is C20H31BrO3. The summed E-state index contributed by atoms with van der Waals surface area (Å²) in [6.07, 6.45) is 4.25. The Morgan fingerprint density at radius 1 is 1.29 bits per heavy atom. The van der Waals surface area contributed by atoms with E-state index in [0.717, 1.165) is 12.8 Å². The van der Waals surface area contributed by atoms with Gasteiger partial charge in [0, 0.05) is 34.9 Å². The van der Waals surface area contributed by atoms with E-state index < -0.39 is 17.1 Å². The Hall–Kier alpha value is -0.190. The van der Waals surface area contributed by atoms with Crippen LogP contribution in [0.4, 0.5) is 0 Å². The fourth-order valence-corrected chi connectivity index (χ4v) is 6.86. The quantitative estimate of drug-likeness (QED) is 0.529. The van der Waals surface area contributed by atoms with E-state index in [4.69, 9.17) is 4.74 Å². The van der Waals surface area contributed by atoms with Crippen LogP contribution in [0.3, 0.4) is 0 Å². The van der Waals surface area contributed by atoms with Crippen molar-refractivity contribution in [3.63, 3.8) is 0 Å². The number of carbonyl (C=O) groups excluding carboxylic acids is 1. The molecule has 7 atom stereocenters. The van der Waals surface area contributed by atoms with Crippen LogP contribution in [0.1, 0.15) is 60.3 Å². The predicted molar refractivity (Wildman–Crippen MR) is 99.2 cm³/mol. The lowest BCUT2D eigenvalue weighted by atomic mass is 9.43. The number of ketones is 1. The molecule has 3 rings (SSSR count). The largest absolute Gasteiger partial charge is 0.393 e. The molecule has 0 amide bonds. The number of alkyl halides is 1. The Balaban J connectivity index is 2.09. The lowest BCUT2D eigenvalue weighted by Gasteiger charge is -2.66. The van der Waals surface area contributed by atoms with Crippen LogP contribution in [-0.2, 0) is 9.53 Å². The van der Waals surface area contributed by atoms with Gasteiger partial charge >= 0.3 is 0 Å². The van der Waals surface area contributed by atoms with E-state index in [1.54, 1.807) is 0 Å². The Morgan fingerprint density at radius 3 is 2.50 bits per heavy atom. The van der Waals surface area contributed by atoms with E-state index >= 15 is 0 Å². The zero-order valence-electron chi connectivity index (χ0n) is 15.6. The number of aliphatic hydroxyl groups excluding tert-OH is 1. The van der Waals surface area contributed by atoms with Crippen molar-refractivity contribution in [1.82, 2.24) is 0 Å². The molecule has 0 unspecified atom stereocenters. The molecule has 2 saturated carbocycles. The van der Waals surface area contributed by atoms with Crippen molar-refractivity contribution in [2.45, 2.75) is 82.4 Å². The van der Waals surface area contributed by atoms with Crippen molar-refractivity contribution in [2.75, 3.05) is 0 Å². The molecule has 2 aliphatic carbocycles. The molecule has 1 heterocycles. The minimum absolute atomic E-state index is 0.0506. The number of halogens is 1. The second-order valence-corrected chi connectivity index (χ2v) is 10.6. The van der Waals surface area contributed by atoms with E-state index in [0.29, 0.717) is 12.8 Å². The maximum absolute atomic E-state index is 13.2. The number of rotatable bonds is 1. The van der Waals surface area contributed by atoms with Crippen LogP contribution in [0.25, 0.3) is 0 Å². The molecule has 0 bridgehead atoms. The van der Waals surface area contributed by atoms with Crippen LogP contribution in [0.15, 0.2) is 12.7 Å². The van der Waals surface area contributed by atoms with Gasteiger partial charge in [0.15, 0.2) is 0 Å². The van der Waals surface area contributed by atoms with Gasteiger partial charge in [-0.2, -0.15) is 0 Å². The third kappa shape index (κ3) is 2.32. The van der Waals surface area contributed by atoms with Gasteiger partial charge < -0.3 is 9.84 Å². The predicted octanol–water partition coefficient (Wildman–Crippen LogP) is 4.27. The van der Waals surface area contributed by atoms with Gasteiger partial charge in [-0.05, 0) is 32.1 Å². The number of carbonyl (C=O) groups is 1. The van der Waals surface area contributed by atoms with Gasteiger partial charge in [0.2, 0.25) is 0 Å². The number of fused-ring (bicyclic) bond motifs is 3. The highest BCUT2D eigenvalue weighted by molar-refractivity contribution is 9.09. The van der Waals surface area contributed by atoms with E-state index in [9.17, 15) is 9.90 Å². The van der Waals surface area contributed by atoms with Crippen LogP contribution in [0.5, 0.6) is 0 Å². The summed E-state index contributed by atoms with van der Waals surface area (Å²) in [5.74, 6) is 0.359. The van der Waals surface area contributed by atoms with Gasteiger partial charge in [-0.3, -0.25) is 4.79 Å². The minimum atomic E-state index is -0.539. The summed E-state index contributed by atoms with van der Waals surface area (Å²) in [6, 6.07) is 0. The molecule has 3 nitrogen and oxygen atoms in total. The Morgan fingerprint density at radius 2 is 1.92 bits per heavy atom. The van der Waals surface area contributed by atoms with Gasteiger partial charge in [-0.1, -0.05) is 42.8 Å². The molecule has 136 valence electrons. The van der Waals surface area contributed by atoms with Crippen LogP contribution < -0.4 is 0 Å². The molecule has 1 saturated heterocycles. The van der Waals surface area contributed by atoms with Crippen LogP contribution in [0.2, 0.25) is 0 Å². The van der Waals surface area contributed by atoms with Gasteiger partial charge in [-0.15, -0.1) is 6.58 Å². The van der Waals surface area contributed by atoms with Crippen molar-refractivity contribution < 1.29 is 14.6 Å². The highest BCUT2D eigenvalue weighted by atomic mass is 79.9. The average Bonchev–Trinajstić information content (AvgIpc) is 2.43. The summed E-state index contributed by atoms with van der Waals surface area (Å²) < 4.78 is 6.50. The molecular weight excluding hydrogens is 368 g/mol. The van der Waals surface area contributed by atoms with E-state index in [1.165, 1.54) is 0 Å². The lowest BCUT2D eigenvalue weighted by molar-refractivity contribution is -0.267. The fraction of sp³-hybridized carbons (Fsp3) is 0.850. The monoisotopic (exact) mass is 398 g/mol. The highest BCUT2D eigenvalue weighted by Crippen LogP contribution is 2.65.